The van der Waals surface area contributed by atoms with E-state index in [9.17, 15) is 8.42 Å². The van der Waals surface area contributed by atoms with Crippen LogP contribution in [0.4, 0.5) is 0 Å². The van der Waals surface area contributed by atoms with Crippen LogP contribution in [-0.2, 0) is 16.4 Å². The van der Waals surface area contributed by atoms with E-state index in [1.807, 2.05) is 18.2 Å². The molecule has 0 spiro atoms. The van der Waals surface area contributed by atoms with E-state index in [0.717, 1.165) is 31.7 Å². The van der Waals surface area contributed by atoms with Crippen molar-refractivity contribution in [3.63, 3.8) is 0 Å². The fourth-order valence-electron chi connectivity index (χ4n) is 3.22. The van der Waals surface area contributed by atoms with Crippen LogP contribution in [0.3, 0.4) is 0 Å². The summed E-state index contributed by atoms with van der Waals surface area (Å²) in [6, 6.07) is 7.44. The van der Waals surface area contributed by atoms with Crippen LogP contribution in [0.2, 0.25) is 0 Å². The molecule has 5 heteroatoms. The van der Waals surface area contributed by atoms with Crippen molar-refractivity contribution in [3.8, 4) is 0 Å². The van der Waals surface area contributed by atoms with E-state index < -0.39 is 9.84 Å². The van der Waals surface area contributed by atoms with Gasteiger partial charge in [0.05, 0.1) is 10.6 Å². The Morgan fingerprint density at radius 3 is 2.95 bits per heavy atom. The van der Waals surface area contributed by atoms with Crippen LogP contribution < -0.4 is 5.32 Å². The zero-order valence-electron chi connectivity index (χ0n) is 11.7. The van der Waals surface area contributed by atoms with Crippen molar-refractivity contribution in [1.29, 1.82) is 0 Å². The van der Waals surface area contributed by atoms with E-state index >= 15 is 0 Å². The lowest BCUT2D eigenvalue weighted by atomic mass is 9.99. The summed E-state index contributed by atoms with van der Waals surface area (Å²) in [7, 11) is -3.11. The number of benzene rings is 1. The van der Waals surface area contributed by atoms with Crippen molar-refractivity contribution in [2.75, 3.05) is 31.9 Å². The predicted octanol–water partition coefficient (Wildman–Crippen LogP) is 1.28. The first-order valence-electron chi connectivity index (χ1n) is 7.39. The number of piperidine rings is 1. The van der Waals surface area contributed by atoms with Crippen LogP contribution in [0.25, 0.3) is 0 Å². The van der Waals surface area contributed by atoms with Crippen molar-refractivity contribution >= 4 is 9.84 Å². The Balaban J connectivity index is 1.77. The van der Waals surface area contributed by atoms with Gasteiger partial charge in [-0.1, -0.05) is 18.2 Å². The Kier molecular flexibility index (Phi) is 4.10. The second-order valence-electron chi connectivity index (χ2n) is 5.87. The summed E-state index contributed by atoms with van der Waals surface area (Å²) in [5, 5.41) is 3.43. The summed E-state index contributed by atoms with van der Waals surface area (Å²) in [6.45, 7) is 4.58. The van der Waals surface area contributed by atoms with Crippen LogP contribution in [0.15, 0.2) is 29.2 Å². The molecule has 1 atom stereocenters. The molecule has 0 aliphatic carbocycles. The molecule has 0 bridgehead atoms. The highest BCUT2D eigenvalue weighted by molar-refractivity contribution is 7.91. The van der Waals surface area contributed by atoms with E-state index in [4.69, 9.17) is 0 Å². The molecule has 0 radical (unpaired) electrons. The minimum Gasteiger partial charge on any atom is -0.316 e. The molecule has 1 aromatic rings. The summed E-state index contributed by atoms with van der Waals surface area (Å²) in [5.74, 6) is 0.890. The zero-order valence-corrected chi connectivity index (χ0v) is 12.5. The summed E-state index contributed by atoms with van der Waals surface area (Å²) in [5.41, 5.74) is 0.953. The van der Waals surface area contributed by atoms with Gasteiger partial charge >= 0.3 is 0 Å². The number of sulfone groups is 1. The Bertz CT molecular complexity index is 565. The van der Waals surface area contributed by atoms with Crippen molar-refractivity contribution in [2.24, 2.45) is 5.92 Å². The number of hydrogen-bond acceptors (Lipinski definition) is 4. The van der Waals surface area contributed by atoms with Gasteiger partial charge in [-0.05, 0) is 43.5 Å². The monoisotopic (exact) mass is 294 g/mol. The first-order chi connectivity index (χ1) is 9.65. The van der Waals surface area contributed by atoms with Gasteiger partial charge in [0, 0.05) is 19.6 Å². The van der Waals surface area contributed by atoms with Gasteiger partial charge in [-0.25, -0.2) is 8.42 Å². The maximum atomic E-state index is 12.3. The summed E-state index contributed by atoms with van der Waals surface area (Å²) in [4.78, 5) is 2.84. The quantitative estimate of drug-likeness (QED) is 0.892. The van der Waals surface area contributed by atoms with Gasteiger partial charge in [-0.2, -0.15) is 0 Å². The standard InChI is InChI=1S/C15H22N2O2S/c18-20(19)9-8-17(11-13-4-3-7-16-10-13)12-14-5-1-2-6-15(14)20/h1-2,5-6,13,16H,3-4,7-12H2. The Labute approximate surface area is 121 Å². The SMILES string of the molecule is O=S1(=O)CCN(CC2CCCNC2)Cc2ccccc21. The van der Waals surface area contributed by atoms with Crippen molar-refractivity contribution < 1.29 is 8.42 Å². The summed E-state index contributed by atoms with van der Waals surface area (Å²) < 4.78 is 24.6. The second-order valence-corrected chi connectivity index (χ2v) is 7.95. The van der Waals surface area contributed by atoms with Gasteiger partial charge in [0.25, 0.3) is 0 Å². The number of hydrogen-bond donors (Lipinski definition) is 1. The van der Waals surface area contributed by atoms with Crippen LogP contribution in [0.1, 0.15) is 18.4 Å². The number of rotatable bonds is 2. The molecule has 1 saturated heterocycles. The van der Waals surface area contributed by atoms with E-state index in [1.165, 1.54) is 12.8 Å². The lowest BCUT2D eigenvalue weighted by molar-refractivity contribution is 0.211. The molecule has 0 aromatic heterocycles. The average molecular weight is 294 g/mol. The molecule has 2 aliphatic rings. The molecule has 3 rings (SSSR count). The van der Waals surface area contributed by atoms with Crippen molar-refractivity contribution in [3.05, 3.63) is 29.8 Å². The third-order valence-corrected chi connectivity index (χ3v) is 6.08. The lowest BCUT2D eigenvalue weighted by Gasteiger charge is -2.29. The molecule has 1 aromatic carbocycles. The van der Waals surface area contributed by atoms with E-state index in [-0.39, 0.29) is 5.75 Å². The Morgan fingerprint density at radius 1 is 1.30 bits per heavy atom. The fourth-order valence-corrected chi connectivity index (χ4v) is 4.75. The van der Waals surface area contributed by atoms with Crippen LogP contribution in [0, 0.1) is 5.92 Å². The average Bonchev–Trinajstić information content (AvgIpc) is 2.58. The topological polar surface area (TPSA) is 49.4 Å². The van der Waals surface area contributed by atoms with Crippen LogP contribution in [0.5, 0.6) is 0 Å². The number of nitrogens with zero attached hydrogens (tertiary/aromatic N) is 1. The van der Waals surface area contributed by atoms with Crippen LogP contribution >= 0.6 is 0 Å². The second kappa shape index (κ2) is 5.84. The van der Waals surface area contributed by atoms with E-state index in [1.54, 1.807) is 6.07 Å². The molecule has 110 valence electrons. The highest BCUT2D eigenvalue weighted by atomic mass is 32.2. The largest absolute Gasteiger partial charge is 0.316 e. The molecule has 20 heavy (non-hydrogen) atoms. The third-order valence-electron chi connectivity index (χ3n) is 4.29. The van der Waals surface area contributed by atoms with Crippen LogP contribution in [-0.4, -0.2) is 45.2 Å². The van der Waals surface area contributed by atoms with Crippen molar-refractivity contribution in [1.82, 2.24) is 10.2 Å². The van der Waals surface area contributed by atoms with Gasteiger partial charge < -0.3 is 5.32 Å². The molecule has 2 aliphatic heterocycles. The first kappa shape index (κ1) is 14.0. The zero-order chi connectivity index (χ0) is 14.0. The molecule has 1 fully saturated rings. The van der Waals surface area contributed by atoms with Gasteiger partial charge in [0.15, 0.2) is 9.84 Å². The molecule has 1 N–H and O–H groups in total. The first-order valence-corrected chi connectivity index (χ1v) is 9.04. The lowest BCUT2D eigenvalue weighted by Crippen LogP contribution is -2.38. The normalized spacial score (nSPS) is 26.7. The Morgan fingerprint density at radius 2 is 2.15 bits per heavy atom. The van der Waals surface area contributed by atoms with Gasteiger partial charge in [-0.3, -0.25) is 4.90 Å². The van der Waals surface area contributed by atoms with Gasteiger partial charge in [0.1, 0.15) is 0 Å². The third kappa shape index (κ3) is 3.05. The molecule has 0 amide bonds. The van der Waals surface area contributed by atoms with Gasteiger partial charge in [-0.15, -0.1) is 0 Å². The molecule has 1 unspecified atom stereocenters. The highest BCUT2D eigenvalue weighted by Gasteiger charge is 2.26. The maximum Gasteiger partial charge on any atom is 0.179 e. The molecular weight excluding hydrogens is 272 g/mol. The Hall–Kier alpha value is -0.910. The minimum absolute atomic E-state index is 0.240. The van der Waals surface area contributed by atoms with Crippen molar-refractivity contribution in [2.45, 2.75) is 24.3 Å². The number of nitrogens with one attached hydrogen (secondary N) is 1. The van der Waals surface area contributed by atoms with E-state index in [2.05, 4.69) is 10.2 Å². The molecular formula is C15H22N2O2S. The van der Waals surface area contributed by atoms with E-state index in [0.29, 0.717) is 17.4 Å². The maximum absolute atomic E-state index is 12.3. The van der Waals surface area contributed by atoms with Gasteiger partial charge in [0.2, 0.25) is 0 Å². The smallest absolute Gasteiger partial charge is 0.179 e. The fraction of sp³-hybridized carbons (Fsp3) is 0.600. The summed E-state index contributed by atoms with van der Waals surface area (Å²) >= 11 is 0. The molecule has 2 heterocycles. The molecule has 4 nitrogen and oxygen atoms in total. The predicted molar refractivity (Wildman–Crippen MR) is 79.4 cm³/mol. The number of fused-ring (bicyclic) bond motifs is 1. The highest BCUT2D eigenvalue weighted by Crippen LogP contribution is 2.23. The molecule has 0 saturated carbocycles. The summed E-state index contributed by atoms with van der Waals surface area (Å²) in [6.07, 6.45) is 2.48. The minimum atomic E-state index is -3.11.